The molecule has 0 radical (unpaired) electrons. The predicted molar refractivity (Wildman–Crippen MR) is 86.7 cm³/mol. The molecule has 118 valence electrons. The lowest BCUT2D eigenvalue weighted by atomic mass is 10.1. The molecule has 0 bridgehead atoms. The van der Waals surface area contributed by atoms with Gasteiger partial charge in [-0.3, -0.25) is 0 Å². The van der Waals surface area contributed by atoms with Crippen molar-refractivity contribution in [3.8, 4) is 17.6 Å². The minimum Gasteiger partial charge on any atom is -0.493 e. The van der Waals surface area contributed by atoms with E-state index in [0.29, 0.717) is 28.1 Å². The highest BCUT2D eigenvalue weighted by molar-refractivity contribution is 9.10. The van der Waals surface area contributed by atoms with Crippen molar-refractivity contribution in [3.63, 3.8) is 0 Å². The molecule has 0 fully saturated rings. The molecule has 0 amide bonds. The van der Waals surface area contributed by atoms with Crippen LogP contribution in [0.3, 0.4) is 0 Å². The van der Waals surface area contributed by atoms with Gasteiger partial charge in [0.25, 0.3) is 0 Å². The second-order valence-corrected chi connectivity index (χ2v) is 5.13. The fourth-order valence-corrected chi connectivity index (χ4v) is 2.25. The quantitative estimate of drug-likeness (QED) is 0.417. The normalized spacial score (nSPS) is 10.8. The van der Waals surface area contributed by atoms with E-state index in [4.69, 9.17) is 19.5 Å². The van der Waals surface area contributed by atoms with Crippen LogP contribution in [-0.4, -0.2) is 26.3 Å². The molecule has 0 saturated carbocycles. The van der Waals surface area contributed by atoms with Crippen molar-refractivity contribution < 1.29 is 19.0 Å². The van der Waals surface area contributed by atoms with Crippen molar-refractivity contribution in [1.82, 2.24) is 0 Å². The number of carbonyl (C=O) groups is 1. The van der Waals surface area contributed by atoms with Gasteiger partial charge in [0.15, 0.2) is 11.5 Å². The zero-order valence-electron chi connectivity index (χ0n) is 12.8. The van der Waals surface area contributed by atoms with Crippen LogP contribution < -0.4 is 9.47 Å². The SMILES string of the molecule is CCCOc1c(Br)cc(/C=C(\C#N)C(=O)OCC)cc1OC. The minimum atomic E-state index is -0.647. The molecule has 1 aromatic rings. The molecule has 0 N–H and O–H groups in total. The van der Waals surface area contributed by atoms with Gasteiger partial charge in [0.2, 0.25) is 0 Å². The van der Waals surface area contributed by atoms with Gasteiger partial charge in [-0.2, -0.15) is 5.26 Å². The van der Waals surface area contributed by atoms with Crippen LogP contribution in [0.25, 0.3) is 6.08 Å². The number of nitriles is 1. The Bertz CT molecular complexity index is 605. The van der Waals surface area contributed by atoms with Crippen molar-refractivity contribution in [2.45, 2.75) is 20.3 Å². The van der Waals surface area contributed by atoms with Crippen LogP contribution >= 0.6 is 15.9 Å². The lowest BCUT2D eigenvalue weighted by molar-refractivity contribution is -0.137. The maximum Gasteiger partial charge on any atom is 0.348 e. The van der Waals surface area contributed by atoms with Crippen LogP contribution in [0.4, 0.5) is 0 Å². The summed E-state index contributed by atoms with van der Waals surface area (Å²) in [5.74, 6) is 0.470. The Hall–Kier alpha value is -2.00. The molecular formula is C16H18BrNO4. The third-order valence-electron chi connectivity index (χ3n) is 2.63. The van der Waals surface area contributed by atoms with Crippen molar-refractivity contribution in [2.24, 2.45) is 0 Å². The van der Waals surface area contributed by atoms with Gasteiger partial charge in [-0.25, -0.2) is 4.79 Å². The lowest BCUT2D eigenvalue weighted by Crippen LogP contribution is -2.06. The fraction of sp³-hybridized carbons (Fsp3) is 0.375. The number of nitrogens with zero attached hydrogens (tertiary/aromatic N) is 1. The maximum atomic E-state index is 11.6. The number of hydrogen-bond donors (Lipinski definition) is 0. The molecule has 0 heterocycles. The maximum absolute atomic E-state index is 11.6. The molecule has 5 nitrogen and oxygen atoms in total. The van der Waals surface area contributed by atoms with E-state index in [0.717, 1.165) is 6.42 Å². The van der Waals surface area contributed by atoms with Gasteiger partial charge >= 0.3 is 5.97 Å². The third-order valence-corrected chi connectivity index (χ3v) is 3.22. The summed E-state index contributed by atoms with van der Waals surface area (Å²) in [5, 5.41) is 9.06. The summed E-state index contributed by atoms with van der Waals surface area (Å²) in [7, 11) is 1.53. The molecule has 0 aliphatic rings. The van der Waals surface area contributed by atoms with Crippen LogP contribution in [0.1, 0.15) is 25.8 Å². The standard InChI is InChI=1S/C16H18BrNO4/c1-4-6-22-15-13(17)8-11(9-14(15)20-3)7-12(10-18)16(19)21-5-2/h7-9H,4-6H2,1-3H3/b12-7+. The summed E-state index contributed by atoms with van der Waals surface area (Å²) < 4.78 is 16.5. The Morgan fingerprint density at radius 1 is 1.41 bits per heavy atom. The fourth-order valence-electron chi connectivity index (χ4n) is 1.68. The second-order valence-electron chi connectivity index (χ2n) is 4.27. The van der Waals surface area contributed by atoms with Crippen LogP contribution in [0.5, 0.6) is 11.5 Å². The monoisotopic (exact) mass is 367 g/mol. The van der Waals surface area contributed by atoms with Crippen molar-refractivity contribution in [2.75, 3.05) is 20.3 Å². The topological polar surface area (TPSA) is 68.5 Å². The number of rotatable bonds is 7. The number of esters is 1. The van der Waals surface area contributed by atoms with Crippen LogP contribution in [0.15, 0.2) is 22.2 Å². The molecule has 0 aromatic heterocycles. The third kappa shape index (κ3) is 4.78. The smallest absolute Gasteiger partial charge is 0.348 e. The highest BCUT2D eigenvalue weighted by Crippen LogP contribution is 2.37. The van der Waals surface area contributed by atoms with Gasteiger partial charge in [-0.15, -0.1) is 0 Å². The molecular weight excluding hydrogens is 350 g/mol. The van der Waals surface area contributed by atoms with Crippen molar-refractivity contribution >= 4 is 28.0 Å². The highest BCUT2D eigenvalue weighted by atomic mass is 79.9. The van der Waals surface area contributed by atoms with Gasteiger partial charge in [0, 0.05) is 0 Å². The molecule has 0 spiro atoms. The van der Waals surface area contributed by atoms with E-state index in [1.54, 1.807) is 19.1 Å². The number of benzene rings is 1. The Morgan fingerprint density at radius 2 is 2.14 bits per heavy atom. The predicted octanol–water partition coefficient (Wildman–Crippen LogP) is 3.72. The number of hydrogen-bond acceptors (Lipinski definition) is 5. The Kier molecular flexibility index (Phi) is 7.47. The minimum absolute atomic E-state index is 0.0713. The Balaban J connectivity index is 3.18. The zero-order valence-corrected chi connectivity index (χ0v) is 14.4. The molecule has 0 saturated heterocycles. The first kappa shape index (κ1) is 18.1. The highest BCUT2D eigenvalue weighted by Gasteiger charge is 2.14. The summed E-state index contributed by atoms with van der Waals surface area (Å²) in [6, 6.07) is 5.29. The van der Waals surface area contributed by atoms with E-state index in [1.165, 1.54) is 13.2 Å². The lowest BCUT2D eigenvalue weighted by Gasteiger charge is -2.13. The van der Waals surface area contributed by atoms with Crippen molar-refractivity contribution in [1.29, 1.82) is 5.26 Å². The first-order valence-electron chi connectivity index (χ1n) is 6.86. The molecule has 0 unspecified atom stereocenters. The Morgan fingerprint density at radius 3 is 2.68 bits per heavy atom. The first-order valence-corrected chi connectivity index (χ1v) is 7.65. The molecule has 0 aliphatic carbocycles. The molecule has 1 rings (SSSR count). The summed E-state index contributed by atoms with van der Waals surface area (Å²) in [5.41, 5.74) is 0.565. The van der Waals surface area contributed by atoms with Gasteiger partial charge in [0.05, 0.1) is 24.8 Å². The molecule has 6 heteroatoms. The van der Waals surface area contributed by atoms with Crippen LogP contribution in [0, 0.1) is 11.3 Å². The molecule has 22 heavy (non-hydrogen) atoms. The van der Waals surface area contributed by atoms with E-state index in [1.807, 2.05) is 13.0 Å². The summed E-state index contributed by atoms with van der Waals surface area (Å²) in [4.78, 5) is 11.6. The average molecular weight is 368 g/mol. The van der Waals surface area contributed by atoms with E-state index in [-0.39, 0.29) is 12.2 Å². The number of carbonyl (C=O) groups excluding carboxylic acids is 1. The largest absolute Gasteiger partial charge is 0.493 e. The van der Waals surface area contributed by atoms with Gasteiger partial charge < -0.3 is 14.2 Å². The van der Waals surface area contributed by atoms with Crippen LogP contribution in [0.2, 0.25) is 0 Å². The summed E-state index contributed by atoms with van der Waals surface area (Å²) in [6.45, 7) is 4.48. The van der Waals surface area contributed by atoms with E-state index in [9.17, 15) is 4.79 Å². The Labute approximate surface area is 138 Å². The van der Waals surface area contributed by atoms with Gasteiger partial charge in [-0.05, 0) is 53.0 Å². The average Bonchev–Trinajstić information content (AvgIpc) is 2.51. The van der Waals surface area contributed by atoms with Gasteiger partial charge in [0.1, 0.15) is 11.6 Å². The van der Waals surface area contributed by atoms with E-state index in [2.05, 4.69) is 15.9 Å². The number of ether oxygens (including phenoxy) is 3. The zero-order chi connectivity index (χ0) is 16.5. The van der Waals surface area contributed by atoms with Crippen LogP contribution in [-0.2, 0) is 9.53 Å². The van der Waals surface area contributed by atoms with Gasteiger partial charge in [-0.1, -0.05) is 6.92 Å². The summed E-state index contributed by atoms with van der Waals surface area (Å²) in [6.07, 6.45) is 2.33. The number of halogens is 1. The second kappa shape index (κ2) is 9.11. The van der Waals surface area contributed by atoms with E-state index < -0.39 is 5.97 Å². The van der Waals surface area contributed by atoms with Crippen molar-refractivity contribution in [3.05, 3.63) is 27.7 Å². The molecule has 0 atom stereocenters. The molecule has 0 aliphatic heterocycles. The number of methoxy groups -OCH3 is 1. The summed E-state index contributed by atoms with van der Waals surface area (Å²) >= 11 is 3.42. The van der Waals surface area contributed by atoms with E-state index >= 15 is 0 Å². The molecule has 1 aromatic carbocycles. The first-order chi connectivity index (χ1) is 10.6.